The average Bonchev–Trinajstić information content (AvgIpc) is 3.58. The highest BCUT2D eigenvalue weighted by Gasteiger charge is 2.61. The number of hydrogen-bond acceptors (Lipinski definition) is 3. The lowest BCUT2D eigenvalue weighted by Crippen LogP contribution is -2.66. The van der Waals surface area contributed by atoms with Gasteiger partial charge in [-0.3, -0.25) is 9.69 Å². The number of phenols is 1. The zero-order valence-electron chi connectivity index (χ0n) is 18.9. The van der Waals surface area contributed by atoms with Crippen molar-refractivity contribution in [3.63, 3.8) is 0 Å². The second kappa shape index (κ2) is 7.78. The molecule has 0 amide bonds. The lowest BCUT2D eigenvalue weighted by molar-refractivity contribution is -0.136. The Labute approximate surface area is 186 Å². The van der Waals surface area contributed by atoms with E-state index in [1.165, 1.54) is 36.1 Å². The van der Waals surface area contributed by atoms with Crippen molar-refractivity contribution in [1.29, 1.82) is 0 Å². The van der Waals surface area contributed by atoms with Gasteiger partial charge >= 0.3 is 0 Å². The summed E-state index contributed by atoms with van der Waals surface area (Å²) < 4.78 is 0. The molecule has 3 heteroatoms. The zero-order chi connectivity index (χ0) is 21.6. The first-order valence-corrected chi connectivity index (χ1v) is 12.0. The molecule has 3 atom stereocenters. The van der Waals surface area contributed by atoms with Crippen LogP contribution in [-0.4, -0.2) is 34.9 Å². The van der Waals surface area contributed by atoms with Crippen molar-refractivity contribution < 1.29 is 9.90 Å². The van der Waals surface area contributed by atoms with Crippen molar-refractivity contribution in [2.75, 3.05) is 13.1 Å². The first kappa shape index (κ1) is 20.8. The number of rotatable bonds is 5. The quantitative estimate of drug-likeness (QED) is 0.706. The summed E-state index contributed by atoms with van der Waals surface area (Å²) in [6.07, 6.45) is 6.91. The van der Waals surface area contributed by atoms with Gasteiger partial charge < -0.3 is 5.11 Å². The molecule has 1 heterocycles. The number of ketones is 1. The number of hydrogen-bond donors (Lipinski definition) is 1. The summed E-state index contributed by atoms with van der Waals surface area (Å²) in [6, 6.07) is 17.0. The van der Waals surface area contributed by atoms with Gasteiger partial charge in [-0.1, -0.05) is 36.4 Å². The van der Waals surface area contributed by atoms with E-state index in [2.05, 4.69) is 49.1 Å². The SMILES string of the molecule is Cc1ccc(O)cc1[C@]12CCN(CC3CC3)C(C)[C@]1(Cc1ccccc1)CCC(=O)C2. The summed E-state index contributed by atoms with van der Waals surface area (Å²) >= 11 is 0. The Bertz CT molecular complexity index is 966. The van der Waals surface area contributed by atoms with Crippen LogP contribution in [0.15, 0.2) is 48.5 Å². The van der Waals surface area contributed by atoms with Gasteiger partial charge in [-0.15, -0.1) is 0 Å². The third-order valence-corrected chi connectivity index (χ3v) is 8.76. The Morgan fingerprint density at radius 2 is 1.87 bits per heavy atom. The molecular formula is C28H35NO2. The highest BCUT2D eigenvalue weighted by Crippen LogP contribution is 2.61. The molecule has 0 bridgehead atoms. The van der Waals surface area contributed by atoms with Crippen LogP contribution in [0.3, 0.4) is 0 Å². The lowest BCUT2D eigenvalue weighted by atomic mass is 9.45. The highest BCUT2D eigenvalue weighted by atomic mass is 16.3. The van der Waals surface area contributed by atoms with E-state index in [1.54, 1.807) is 6.07 Å². The molecular weight excluding hydrogens is 382 g/mol. The van der Waals surface area contributed by atoms with Crippen LogP contribution in [0.4, 0.5) is 0 Å². The van der Waals surface area contributed by atoms with Gasteiger partial charge in [-0.25, -0.2) is 0 Å². The van der Waals surface area contributed by atoms with Crippen LogP contribution in [0, 0.1) is 18.3 Å². The number of fused-ring (bicyclic) bond motifs is 1. The number of phenolic OH excluding ortho intramolecular Hbond substituents is 1. The topological polar surface area (TPSA) is 40.5 Å². The molecule has 2 aromatic rings. The van der Waals surface area contributed by atoms with Crippen molar-refractivity contribution in [3.8, 4) is 5.75 Å². The fourth-order valence-electron chi connectivity index (χ4n) is 6.90. The van der Waals surface area contributed by atoms with E-state index in [0.717, 1.165) is 31.7 Å². The maximum absolute atomic E-state index is 13.0. The van der Waals surface area contributed by atoms with Crippen molar-refractivity contribution in [1.82, 2.24) is 4.90 Å². The molecule has 1 N–H and O–H groups in total. The lowest BCUT2D eigenvalue weighted by Gasteiger charge is -2.63. The van der Waals surface area contributed by atoms with Gasteiger partial charge in [0.15, 0.2) is 0 Å². The van der Waals surface area contributed by atoms with E-state index in [0.29, 0.717) is 30.4 Å². The summed E-state index contributed by atoms with van der Waals surface area (Å²) in [7, 11) is 0. The van der Waals surface area contributed by atoms with Crippen LogP contribution < -0.4 is 0 Å². The van der Waals surface area contributed by atoms with E-state index in [-0.39, 0.29) is 10.8 Å². The number of aryl methyl sites for hydroxylation is 1. The number of Topliss-reactive ketones (excluding diaryl/α,β-unsaturated/α-hetero) is 1. The van der Waals surface area contributed by atoms with Gasteiger partial charge in [0.05, 0.1) is 0 Å². The van der Waals surface area contributed by atoms with Gasteiger partial charge in [0.25, 0.3) is 0 Å². The molecule has 2 saturated carbocycles. The van der Waals surface area contributed by atoms with Crippen LogP contribution in [0.1, 0.15) is 62.1 Å². The fraction of sp³-hybridized carbons (Fsp3) is 0.536. The van der Waals surface area contributed by atoms with Crippen LogP contribution >= 0.6 is 0 Å². The number of benzene rings is 2. The molecule has 3 nitrogen and oxygen atoms in total. The minimum absolute atomic E-state index is 0.0199. The van der Waals surface area contributed by atoms with Crippen molar-refractivity contribution in [2.24, 2.45) is 11.3 Å². The first-order chi connectivity index (χ1) is 14.9. The Kier molecular flexibility index (Phi) is 5.21. The smallest absolute Gasteiger partial charge is 0.133 e. The van der Waals surface area contributed by atoms with Gasteiger partial charge in [0.1, 0.15) is 11.5 Å². The molecule has 0 spiro atoms. The predicted molar refractivity (Wildman–Crippen MR) is 124 cm³/mol. The van der Waals surface area contributed by atoms with Crippen LogP contribution in [0.2, 0.25) is 0 Å². The summed E-state index contributed by atoms with van der Waals surface area (Å²) in [5.74, 6) is 1.56. The summed E-state index contributed by atoms with van der Waals surface area (Å²) in [4.78, 5) is 15.7. The zero-order valence-corrected chi connectivity index (χ0v) is 18.9. The highest BCUT2D eigenvalue weighted by molar-refractivity contribution is 5.82. The Hall–Kier alpha value is -2.13. The summed E-state index contributed by atoms with van der Waals surface area (Å²) in [5.41, 5.74) is 3.52. The molecule has 5 rings (SSSR count). The number of carbonyl (C=O) groups excluding carboxylic acids is 1. The molecule has 0 aromatic heterocycles. The molecule has 2 aliphatic carbocycles. The van der Waals surface area contributed by atoms with Crippen molar-refractivity contribution >= 4 is 5.78 Å². The molecule has 0 radical (unpaired) electrons. The van der Waals surface area contributed by atoms with E-state index < -0.39 is 0 Å². The standard InChI is InChI=1S/C28H35NO2/c1-20-8-11-24(30)16-26(20)28-14-15-29(19-23-9-10-23)21(2)27(28,13-12-25(31)18-28)17-22-6-4-3-5-7-22/h3-8,11,16,21,23,30H,9-10,12-15,17-19H2,1-2H3/t21?,27-,28-/m1/s1. The molecule has 2 aromatic carbocycles. The van der Waals surface area contributed by atoms with Gasteiger partial charge in [0.2, 0.25) is 0 Å². The largest absolute Gasteiger partial charge is 0.508 e. The van der Waals surface area contributed by atoms with E-state index >= 15 is 0 Å². The number of likely N-dealkylation sites (tertiary alicyclic amines) is 1. The van der Waals surface area contributed by atoms with E-state index in [9.17, 15) is 9.90 Å². The van der Waals surface area contributed by atoms with Crippen LogP contribution in [0.5, 0.6) is 5.75 Å². The van der Waals surface area contributed by atoms with Crippen molar-refractivity contribution in [3.05, 3.63) is 65.2 Å². The maximum atomic E-state index is 13.0. The van der Waals surface area contributed by atoms with Gasteiger partial charge in [-0.2, -0.15) is 0 Å². The van der Waals surface area contributed by atoms with Gasteiger partial charge in [-0.05, 0) is 87.2 Å². The number of carbonyl (C=O) groups is 1. The predicted octanol–water partition coefficient (Wildman–Crippen LogP) is 5.42. The normalized spacial score (nSPS) is 31.4. The third kappa shape index (κ3) is 3.51. The monoisotopic (exact) mass is 417 g/mol. The van der Waals surface area contributed by atoms with Gasteiger partial charge in [0, 0.05) is 36.3 Å². The Balaban J connectivity index is 1.67. The van der Waals surface area contributed by atoms with Crippen LogP contribution in [0.25, 0.3) is 0 Å². The molecule has 164 valence electrons. The second-order valence-electron chi connectivity index (χ2n) is 10.5. The number of nitrogens with zero attached hydrogens (tertiary/aromatic N) is 1. The van der Waals surface area contributed by atoms with Crippen molar-refractivity contribution in [2.45, 2.75) is 70.3 Å². The molecule has 1 saturated heterocycles. The molecule has 3 fully saturated rings. The van der Waals surface area contributed by atoms with E-state index in [1.807, 2.05) is 12.1 Å². The molecule has 31 heavy (non-hydrogen) atoms. The van der Waals surface area contributed by atoms with Crippen LogP contribution in [-0.2, 0) is 16.6 Å². The Morgan fingerprint density at radius 3 is 2.61 bits per heavy atom. The number of piperidine rings is 1. The minimum Gasteiger partial charge on any atom is -0.508 e. The van der Waals surface area contributed by atoms with E-state index in [4.69, 9.17) is 0 Å². The first-order valence-electron chi connectivity index (χ1n) is 12.0. The number of aromatic hydroxyl groups is 1. The Morgan fingerprint density at radius 1 is 1.10 bits per heavy atom. The summed E-state index contributed by atoms with van der Waals surface area (Å²) in [5, 5.41) is 10.4. The fourth-order valence-corrected chi connectivity index (χ4v) is 6.90. The summed E-state index contributed by atoms with van der Waals surface area (Å²) in [6.45, 7) is 6.81. The maximum Gasteiger partial charge on any atom is 0.133 e. The third-order valence-electron chi connectivity index (χ3n) is 8.76. The molecule has 1 unspecified atom stereocenters. The molecule has 1 aliphatic heterocycles. The second-order valence-corrected chi connectivity index (χ2v) is 10.5. The minimum atomic E-state index is -0.222. The molecule has 3 aliphatic rings. The average molecular weight is 418 g/mol.